The van der Waals surface area contributed by atoms with Crippen molar-refractivity contribution in [3.8, 4) is 0 Å². The van der Waals surface area contributed by atoms with E-state index in [2.05, 4.69) is 48.5 Å². The van der Waals surface area contributed by atoms with Crippen LogP contribution in [0.5, 0.6) is 0 Å². The lowest BCUT2D eigenvalue weighted by atomic mass is 9.86. The van der Waals surface area contributed by atoms with E-state index in [-0.39, 0.29) is 0 Å². The lowest BCUT2D eigenvalue weighted by Gasteiger charge is -2.18. The number of benzene rings is 5. The van der Waals surface area contributed by atoms with Gasteiger partial charge in [0.2, 0.25) is 0 Å². The largest absolute Gasteiger partial charge is 0.298 e. The molecule has 5 aromatic carbocycles. The van der Waals surface area contributed by atoms with Crippen LogP contribution in [0.4, 0.5) is 0 Å². The van der Waals surface area contributed by atoms with Crippen molar-refractivity contribution < 1.29 is 4.79 Å². The highest BCUT2D eigenvalue weighted by atomic mass is 16.1. The molecular weight excluding hydrogens is 364 g/mol. The van der Waals surface area contributed by atoms with E-state index in [9.17, 15) is 4.79 Å². The molecular formula is C29H24O. The van der Waals surface area contributed by atoms with Crippen LogP contribution in [0, 0.1) is 0 Å². The van der Waals surface area contributed by atoms with Crippen molar-refractivity contribution in [2.75, 3.05) is 0 Å². The molecule has 0 fully saturated rings. The van der Waals surface area contributed by atoms with Crippen LogP contribution in [0.3, 0.4) is 0 Å². The fourth-order valence-electron chi connectivity index (χ4n) is 4.70. The summed E-state index contributed by atoms with van der Waals surface area (Å²) in [7, 11) is 0. The Morgan fingerprint density at radius 3 is 2.03 bits per heavy atom. The molecule has 6 rings (SSSR count). The van der Waals surface area contributed by atoms with Crippen molar-refractivity contribution in [2.45, 2.75) is 25.7 Å². The van der Waals surface area contributed by atoms with Crippen molar-refractivity contribution in [3.63, 3.8) is 0 Å². The second kappa shape index (κ2) is 8.12. The number of carbonyl (C=O) groups excluding carboxylic acids is 1. The van der Waals surface area contributed by atoms with Gasteiger partial charge in [-0.15, -0.1) is 0 Å². The normalized spacial score (nSPS) is 12.9. The minimum absolute atomic E-state index is 0.758. The molecule has 1 aliphatic carbocycles. The van der Waals surface area contributed by atoms with Crippen LogP contribution in [0.1, 0.15) is 34.3 Å². The number of aryl methyl sites for hydroxylation is 2. The summed E-state index contributed by atoms with van der Waals surface area (Å²) >= 11 is 0. The maximum absolute atomic E-state index is 10.6. The molecule has 1 aliphatic rings. The molecule has 30 heavy (non-hydrogen) atoms. The predicted molar refractivity (Wildman–Crippen MR) is 127 cm³/mol. The highest BCUT2D eigenvalue weighted by molar-refractivity contribution is 6.08. The van der Waals surface area contributed by atoms with Crippen LogP contribution < -0.4 is 0 Å². The summed E-state index contributed by atoms with van der Waals surface area (Å²) in [6, 6.07) is 31.6. The summed E-state index contributed by atoms with van der Waals surface area (Å²) in [5.41, 5.74) is 3.93. The fourth-order valence-corrected chi connectivity index (χ4v) is 4.70. The second-order valence-corrected chi connectivity index (χ2v) is 7.98. The fraction of sp³-hybridized carbons (Fsp3) is 0.138. The SMILES string of the molecule is O=Cc1cccc2ccccc12.c1ccc2c(c1)ccc1c3c(ccc12)CCCC3. The molecule has 0 unspecified atom stereocenters. The zero-order valence-corrected chi connectivity index (χ0v) is 17.0. The third kappa shape index (κ3) is 3.37. The van der Waals surface area contributed by atoms with Crippen LogP contribution in [-0.2, 0) is 12.8 Å². The number of aldehydes is 1. The molecule has 0 atom stereocenters. The topological polar surface area (TPSA) is 17.1 Å². The van der Waals surface area contributed by atoms with E-state index in [1.165, 1.54) is 47.2 Å². The van der Waals surface area contributed by atoms with Crippen LogP contribution >= 0.6 is 0 Å². The van der Waals surface area contributed by atoms with Gasteiger partial charge in [0.15, 0.2) is 6.29 Å². The molecule has 0 heterocycles. The number of carbonyl (C=O) groups is 1. The molecule has 5 aromatic rings. The van der Waals surface area contributed by atoms with Gasteiger partial charge in [0.25, 0.3) is 0 Å². The minimum Gasteiger partial charge on any atom is -0.298 e. The lowest BCUT2D eigenvalue weighted by Crippen LogP contribution is -2.02. The highest BCUT2D eigenvalue weighted by Gasteiger charge is 2.13. The standard InChI is InChI=1S/C18H16.C11H8O/c1-3-7-15-13(5-1)9-11-18-16-8-4-2-6-14(16)10-12-17(15)18;12-8-10-6-3-5-9-4-1-2-7-11(9)10/h1,3,5,7,9-12H,2,4,6,8H2;1-8H. The quantitative estimate of drug-likeness (QED) is 0.214. The van der Waals surface area contributed by atoms with Crippen LogP contribution in [0.2, 0.25) is 0 Å². The maximum atomic E-state index is 10.6. The van der Waals surface area contributed by atoms with E-state index in [0.717, 1.165) is 22.6 Å². The van der Waals surface area contributed by atoms with Gasteiger partial charge in [-0.3, -0.25) is 4.79 Å². The van der Waals surface area contributed by atoms with Gasteiger partial charge < -0.3 is 0 Å². The molecule has 0 aliphatic heterocycles. The van der Waals surface area contributed by atoms with Gasteiger partial charge >= 0.3 is 0 Å². The third-order valence-corrected chi connectivity index (χ3v) is 6.21. The van der Waals surface area contributed by atoms with Gasteiger partial charge in [0.05, 0.1) is 0 Å². The van der Waals surface area contributed by atoms with E-state index < -0.39 is 0 Å². The van der Waals surface area contributed by atoms with Gasteiger partial charge in [0.1, 0.15) is 0 Å². The molecule has 1 heteroatoms. The monoisotopic (exact) mass is 388 g/mol. The lowest BCUT2D eigenvalue weighted by molar-refractivity contribution is 0.112. The molecule has 1 nitrogen and oxygen atoms in total. The van der Waals surface area contributed by atoms with E-state index >= 15 is 0 Å². The van der Waals surface area contributed by atoms with Gasteiger partial charge in [-0.2, -0.15) is 0 Å². The van der Waals surface area contributed by atoms with Crippen LogP contribution in [-0.4, -0.2) is 6.29 Å². The number of hydrogen-bond donors (Lipinski definition) is 0. The Morgan fingerprint density at radius 2 is 1.20 bits per heavy atom. The Morgan fingerprint density at radius 1 is 0.533 bits per heavy atom. The molecule has 0 saturated carbocycles. The first-order valence-corrected chi connectivity index (χ1v) is 10.7. The molecule has 0 radical (unpaired) electrons. The molecule has 0 spiro atoms. The minimum atomic E-state index is 0.758. The average molecular weight is 389 g/mol. The van der Waals surface area contributed by atoms with E-state index in [1.54, 1.807) is 11.1 Å². The highest BCUT2D eigenvalue weighted by Crippen LogP contribution is 2.33. The van der Waals surface area contributed by atoms with E-state index in [1.807, 2.05) is 42.5 Å². The first-order valence-electron chi connectivity index (χ1n) is 10.7. The molecule has 0 aromatic heterocycles. The Labute approximate surface area is 177 Å². The molecule has 0 saturated heterocycles. The van der Waals surface area contributed by atoms with Crippen molar-refractivity contribution in [1.82, 2.24) is 0 Å². The van der Waals surface area contributed by atoms with Gasteiger partial charge in [-0.05, 0) is 69.1 Å². The molecule has 0 bridgehead atoms. The Bertz CT molecular complexity index is 1360. The Kier molecular flexibility index (Phi) is 5.03. The summed E-state index contributed by atoms with van der Waals surface area (Å²) in [5.74, 6) is 0. The molecule has 0 N–H and O–H groups in total. The van der Waals surface area contributed by atoms with Crippen molar-refractivity contribution >= 4 is 38.6 Å². The summed E-state index contributed by atoms with van der Waals surface area (Å²) in [4.78, 5) is 10.6. The van der Waals surface area contributed by atoms with E-state index in [0.29, 0.717) is 0 Å². The Hall–Kier alpha value is -3.45. The van der Waals surface area contributed by atoms with Gasteiger partial charge in [-0.25, -0.2) is 0 Å². The van der Waals surface area contributed by atoms with E-state index in [4.69, 9.17) is 0 Å². The predicted octanol–water partition coefficient (Wildman–Crippen LogP) is 7.52. The summed E-state index contributed by atoms with van der Waals surface area (Å²) < 4.78 is 0. The third-order valence-electron chi connectivity index (χ3n) is 6.21. The number of hydrogen-bond acceptors (Lipinski definition) is 1. The van der Waals surface area contributed by atoms with Crippen molar-refractivity contribution in [3.05, 3.63) is 108 Å². The zero-order valence-electron chi connectivity index (χ0n) is 17.0. The maximum Gasteiger partial charge on any atom is 0.150 e. The first kappa shape index (κ1) is 18.6. The number of fused-ring (bicyclic) bond motifs is 6. The number of rotatable bonds is 1. The van der Waals surface area contributed by atoms with Gasteiger partial charge in [0, 0.05) is 5.56 Å². The second-order valence-electron chi connectivity index (χ2n) is 7.98. The van der Waals surface area contributed by atoms with Gasteiger partial charge in [-0.1, -0.05) is 91.0 Å². The summed E-state index contributed by atoms with van der Waals surface area (Å²) in [6.07, 6.45) is 6.11. The summed E-state index contributed by atoms with van der Waals surface area (Å²) in [6.45, 7) is 0. The van der Waals surface area contributed by atoms with Crippen LogP contribution in [0.25, 0.3) is 32.3 Å². The Balaban J connectivity index is 0.000000140. The molecule has 146 valence electrons. The zero-order chi connectivity index (χ0) is 20.3. The molecule has 0 amide bonds. The first-order chi connectivity index (χ1) is 14.8. The average Bonchev–Trinajstić information content (AvgIpc) is 2.83. The van der Waals surface area contributed by atoms with Crippen molar-refractivity contribution in [2.24, 2.45) is 0 Å². The smallest absolute Gasteiger partial charge is 0.150 e. The van der Waals surface area contributed by atoms with Crippen LogP contribution in [0.15, 0.2) is 91.0 Å². The van der Waals surface area contributed by atoms with Crippen molar-refractivity contribution in [1.29, 1.82) is 0 Å². The summed E-state index contributed by atoms with van der Waals surface area (Å²) in [5, 5.41) is 7.78.